The van der Waals surface area contributed by atoms with Crippen LogP contribution in [0.15, 0.2) is 47.1 Å². The van der Waals surface area contributed by atoms with Crippen LogP contribution in [0.2, 0.25) is 0 Å². The van der Waals surface area contributed by atoms with Gasteiger partial charge in [-0.3, -0.25) is 14.7 Å². The molecule has 3 rings (SSSR count). The highest BCUT2D eigenvalue weighted by Gasteiger charge is 2.26. The molecule has 0 fully saturated rings. The molecular weight excluding hydrogens is 405 g/mol. The van der Waals surface area contributed by atoms with E-state index in [2.05, 4.69) is 31.2 Å². The monoisotopic (exact) mass is 431 g/mol. The Morgan fingerprint density at radius 2 is 2.00 bits per heavy atom. The number of nitrogens with one attached hydrogen (secondary N) is 1. The largest absolute Gasteiger partial charge is 0.461 e. The zero-order chi connectivity index (χ0) is 21.9. The van der Waals surface area contributed by atoms with E-state index < -0.39 is 5.91 Å². The van der Waals surface area contributed by atoms with Gasteiger partial charge in [0.15, 0.2) is 16.4 Å². The fourth-order valence-corrected chi connectivity index (χ4v) is 3.60. The van der Waals surface area contributed by atoms with Gasteiger partial charge in [0.1, 0.15) is 5.82 Å². The van der Waals surface area contributed by atoms with Gasteiger partial charge in [-0.25, -0.2) is 9.07 Å². The lowest BCUT2D eigenvalue weighted by molar-refractivity contribution is -0.118. The van der Waals surface area contributed by atoms with Crippen molar-refractivity contribution in [3.63, 3.8) is 0 Å². The molecule has 1 atom stereocenters. The van der Waals surface area contributed by atoms with Crippen LogP contribution in [-0.2, 0) is 18.0 Å². The Hall–Kier alpha value is -2.78. The van der Waals surface area contributed by atoms with Gasteiger partial charge in [0, 0.05) is 19.0 Å². The fourth-order valence-electron chi connectivity index (χ4n) is 3.31. The van der Waals surface area contributed by atoms with Crippen LogP contribution in [0.3, 0.4) is 0 Å². The second-order valence-corrected chi connectivity index (χ2v) is 8.53. The number of primary amides is 1. The molecule has 9 heteroatoms. The maximum absolute atomic E-state index is 13.4. The molecule has 0 aliphatic rings. The van der Waals surface area contributed by atoms with Crippen LogP contribution < -0.4 is 11.1 Å². The molecule has 0 saturated carbocycles. The van der Waals surface area contributed by atoms with Crippen LogP contribution in [0.5, 0.6) is 0 Å². The number of amides is 1. The zero-order valence-corrected chi connectivity index (χ0v) is 18.1. The molecule has 3 N–H and O–H groups in total. The first kappa shape index (κ1) is 21.9. The predicted molar refractivity (Wildman–Crippen MR) is 114 cm³/mol. The van der Waals surface area contributed by atoms with E-state index in [4.69, 9.17) is 22.4 Å². The number of aromatic nitrogens is 3. The molecule has 30 heavy (non-hydrogen) atoms. The molecule has 0 spiro atoms. The van der Waals surface area contributed by atoms with Gasteiger partial charge in [0.05, 0.1) is 12.9 Å². The molecule has 2 heterocycles. The standard InChI is InChI=1S/C21H26FN5O2S/c1-21(2,3)18(14-6-8-15(22)9-7-14)24-13-27-20(30)26(11-10-17(23)28)19(25-27)16-5-4-12-29-16/h4-9,12,18,24H,10-11,13H2,1-3H3,(H2,23,28). The normalized spacial score (nSPS) is 12.8. The van der Waals surface area contributed by atoms with Crippen molar-refractivity contribution in [1.29, 1.82) is 0 Å². The molecule has 0 radical (unpaired) electrons. The Morgan fingerprint density at radius 3 is 2.57 bits per heavy atom. The van der Waals surface area contributed by atoms with Gasteiger partial charge in [-0.05, 0) is 47.5 Å². The number of carbonyl (C=O) groups is 1. The van der Waals surface area contributed by atoms with Gasteiger partial charge in [-0.2, -0.15) is 0 Å². The smallest absolute Gasteiger partial charge is 0.219 e. The van der Waals surface area contributed by atoms with Gasteiger partial charge in [0.25, 0.3) is 0 Å². The average Bonchev–Trinajstić information content (AvgIpc) is 3.29. The molecule has 3 aromatic rings. The maximum atomic E-state index is 13.4. The summed E-state index contributed by atoms with van der Waals surface area (Å²) in [6, 6.07) is 9.94. The van der Waals surface area contributed by atoms with Crippen molar-refractivity contribution in [3.05, 3.63) is 58.8 Å². The number of nitrogens with zero attached hydrogens (tertiary/aromatic N) is 3. The van der Waals surface area contributed by atoms with E-state index in [1.165, 1.54) is 12.1 Å². The van der Waals surface area contributed by atoms with Crippen LogP contribution in [0.1, 0.15) is 38.8 Å². The van der Waals surface area contributed by atoms with E-state index in [9.17, 15) is 9.18 Å². The van der Waals surface area contributed by atoms with Crippen LogP contribution in [0.4, 0.5) is 4.39 Å². The maximum Gasteiger partial charge on any atom is 0.219 e. The van der Waals surface area contributed by atoms with Crippen LogP contribution in [-0.4, -0.2) is 20.3 Å². The summed E-state index contributed by atoms with van der Waals surface area (Å²) in [6.45, 7) is 6.95. The van der Waals surface area contributed by atoms with Gasteiger partial charge in [-0.15, -0.1) is 5.10 Å². The molecule has 1 aromatic carbocycles. The number of furan rings is 1. The average molecular weight is 432 g/mol. The first-order valence-electron chi connectivity index (χ1n) is 9.65. The SMILES string of the molecule is CC(C)(C)C(NCn1nc(-c2ccco2)n(CCC(N)=O)c1=S)c1ccc(F)cc1. The summed E-state index contributed by atoms with van der Waals surface area (Å²) in [4.78, 5) is 11.3. The van der Waals surface area contributed by atoms with E-state index in [-0.39, 0.29) is 23.7 Å². The molecule has 1 amide bonds. The zero-order valence-electron chi connectivity index (χ0n) is 17.3. The van der Waals surface area contributed by atoms with E-state index in [1.807, 2.05) is 0 Å². The topological polar surface area (TPSA) is 91.0 Å². The minimum absolute atomic E-state index is 0.0668. The fraction of sp³-hybridized carbons (Fsp3) is 0.381. The van der Waals surface area contributed by atoms with E-state index in [0.29, 0.717) is 29.6 Å². The first-order chi connectivity index (χ1) is 14.2. The quantitative estimate of drug-likeness (QED) is 0.526. The van der Waals surface area contributed by atoms with Crippen molar-refractivity contribution in [3.8, 4) is 11.6 Å². The molecule has 0 aliphatic heterocycles. The highest BCUT2D eigenvalue weighted by molar-refractivity contribution is 7.71. The second-order valence-electron chi connectivity index (χ2n) is 8.16. The number of rotatable bonds is 8. The van der Waals surface area contributed by atoms with Crippen LogP contribution in [0.25, 0.3) is 11.6 Å². The minimum atomic E-state index is -0.419. The number of hydrogen-bond donors (Lipinski definition) is 2. The molecule has 0 bridgehead atoms. The molecule has 1 unspecified atom stereocenters. The number of hydrogen-bond acceptors (Lipinski definition) is 5. The molecule has 0 saturated heterocycles. The highest BCUT2D eigenvalue weighted by atomic mass is 32.1. The third-order valence-electron chi connectivity index (χ3n) is 4.76. The lowest BCUT2D eigenvalue weighted by Crippen LogP contribution is -2.34. The summed E-state index contributed by atoms with van der Waals surface area (Å²) in [5.74, 6) is 0.388. The van der Waals surface area contributed by atoms with Crippen molar-refractivity contribution < 1.29 is 13.6 Å². The van der Waals surface area contributed by atoms with E-state index in [1.54, 1.807) is 39.8 Å². The Balaban J connectivity index is 1.89. The van der Waals surface area contributed by atoms with Crippen LogP contribution in [0, 0.1) is 16.0 Å². The Bertz CT molecular complexity index is 1050. The summed E-state index contributed by atoms with van der Waals surface area (Å²) in [5, 5.41) is 8.08. The number of benzene rings is 1. The van der Waals surface area contributed by atoms with Crippen molar-refractivity contribution in [2.45, 2.75) is 46.4 Å². The third-order valence-corrected chi connectivity index (χ3v) is 5.19. The van der Waals surface area contributed by atoms with Crippen molar-refractivity contribution >= 4 is 18.1 Å². The predicted octanol–water partition coefficient (Wildman–Crippen LogP) is 4.02. The Kier molecular flexibility index (Phi) is 6.52. The Morgan fingerprint density at radius 1 is 1.30 bits per heavy atom. The first-order valence-corrected chi connectivity index (χ1v) is 10.1. The molecule has 160 valence electrons. The lowest BCUT2D eigenvalue weighted by Gasteiger charge is -2.32. The van der Waals surface area contributed by atoms with Crippen LogP contribution >= 0.6 is 12.2 Å². The van der Waals surface area contributed by atoms with Crippen molar-refractivity contribution in [1.82, 2.24) is 19.7 Å². The number of nitrogens with two attached hydrogens (primary N) is 1. The summed E-state index contributed by atoms with van der Waals surface area (Å²) in [6.07, 6.45) is 1.69. The van der Waals surface area contributed by atoms with Gasteiger partial charge >= 0.3 is 0 Å². The number of halogens is 1. The lowest BCUT2D eigenvalue weighted by atomic mass is 9.82. The molecular formula is C21H26FN5O2S. The van der Waals surface area contributed by atoms with Crippen molar-refractivity contribution in [2.75, 3.05) is 0 Å². The van der Waals surface area contributed by atoms with Crippen molar-refractivity contribution in [2.24, 2.45) is 11.1 Å². The minimum Gasteiger partial charge on any atom is -0.461 e. The van der Waals surface area contributed by atoms with E-state index >= 15 is 0 Å². The van der Waals surface area contributed by atoms with E-state index in [0.717, 1.165) is 5.56 Å². The Labute approximate surface area is 179 Å². The van der Waals surface area contributed by atoms with Gasteiger partial charge in [0.2, 0.25) is 5.91 Å². The summed E-state index contributed by atoms with van der Waals surface area (Å²) in [5.41, 5.74) is 6.14. The van der Waals surface area contributed by atoms with Gasteiger partial charge < -0.3 is 10.2 Å². The number of carbonyl (C=O) groups excluding carboxylic acids is 1. The highest BCUT2D eigenvalue weighted by Crippen LogP contribution is 2.33. The summed E-state index contributed by atoms with van der Waals surface area (Å²) >= 11 is 5.60. The van der Waals surface area contributed by atoms with Gasteiger partial charge in [-0.1, -0.05) is 32.9 Å². The molecule has 2 aromatic heterocycles. The molecule has 0 aliphatic carbocycles. The third kappa shape index (κ3) is 5.03. The second kappa shape index (κ2) is 8.93. The summed E-state index contributed by atoms with van der Waals surface area (Å²) in [7, 11) is 0. The summed E-state index contributed by atoms with van der Waals surface area (Å²) < 4.78 is 22.7. The molecule has 7 nitrogen and oxygen atoms in total.